The smallest absolute Gasteiger partial charge is 0.326 e. The SMILES string of the molecule is Cl.NCC(=O)N[C@@H](Cc1ccc(O)cc1)C(=O)N[C@@H](CCCCNC(=O)CN(CCN(CCN(CC(=O)O)CC(=O)O)CC(=O)O)CC(=O)O)C(=O)O. The molecule has 0 aromatic heterocycles. The monoisotopic (exact) mass is 777 g/mol. The molecule has 1 aromatic carbocycles. The number of amides is 3. The summed E-state index contributed by atoms with van der Waals surface area (Å²) in [4.78, 5) is 98.0. The van der Waals surface area contributed by atoms with Crippen molar-refractivity contribution in [2.45, 2.75) is 37.8 Å². The number of carbonyl (C=O) groups excluding carboxylic acids is 3. The molecule has 1 rings (SSSR count). The highest BCUT2D eigenvalue weighted by Crippen LogP contribution is 2.12. The van der Waals surface area contributed by atoms with Gasteiger partial charge in [-0.05, 0) is 37.0 Å². The largest absolute Gasteiger partial charge is 0.508 e. The van der Waals surface area contributed by atoms with Crippen LogP contribution in [0.1, 0.15) is 24.8 Å². The number of carboxylic acids is 5. The molecule has 0 fully saturated rings. The normalized spacial score (nSPS) is 12.0. The molecular weight excluding hydrogens is 730 g/mol. The third-order valence-electron chi connectivity index (χ3n) is 7.34. The van der Waals surface area contributed by atoms with Gasteiger partial charge in [0.05, 0.1) is 39.3 Å². The van der Waals surface area contributed by atoms with Gasteiger partial charge in [0.15, 0.2) is 0 Å². The van der Waals surface area contributed by atoms with Gasteiger partial charge in [-0.1, -0.05) is 12.1 Å². The fourth-order valence-corrected chi connectivity index (χ4v) is 4.85. The van der Waals surface area contributed by atoms with Crippen molar-refractivity contribution in [3.05, 3.63) is 29.8 Å². The first-order valence-corrected chi connectivity index (χ1v) is 16.1. The van der Waals surface area contributed by atoms with Gasteiger partial charge in [-0.25, -0.2) is 4.79 Å². The molecule has 2 atom stereocenters. The number of nitrogens with one attached hydrogen (secondary N) is 3. The lowest BCUT2D eigenvalue weighted by Gasteiger charge is -2.27. The fraction of sp³-hybridized carbons (Fsp3) is 0.548. The molecule has 0 spiro atoms. The van der Waals surface area contributed by atoms with E-state index in [0.717, 1.165) is 4.90 Å². The van der Waals surface area contributed by atoms with Crippen LogP contribution in [0.25, 0.3) is 0 Å². The van der Waals surface area contributed by atoms with Gasteiger partial charge in [0, 0.05) is 39.1 Å². The van der Waals surface area contributed by atoms with Crippen molar-refractivity contribution in [3.8, 4) is 5.75 Å². The molecule has 11 N–H and O–H groups in total. The minimum Gasteiger partial charge on any atom is -0.508 e. The molecule has 1 aromatic rings. The van der Waals surface area contributed by atoms with E-state index in [1.165, 1.54) is 34.1 Å². The first-order chi connectivity index (χ1) is 24.5. The van der Waals surface area contributed by atoms with Crippen molar-refractivity contribution in [3.63, 3.8) is 0 Å². The van der Waals surface area contributed by atoms with Gasteiger partial charge < -0.3 is 52.3 Å². The number of phenols is 1. The summed E-state index contributed by atoms with van der Waals surface area (Å²) in [5, 5.41) is 63.2. The summed E-state index contributed by atoms with van der Waals surface area (Å²) in [7, 11) is 0. The summed E-state index contributed by atoms with van der Waals surface area (Å²) >= 11 is 0. The number of halogens is 1. The Bertz CT molecular complexity index is 1370. The van der Waals surface area contributed by atoms with Gasteiger partial charge in [0.25, 0.3) is 0 Å². The molecule has 22 heteroatoms. The maximum absolute atomic E-state index is 13.0. The van der Waals surface area contributed by atoms with E-state index in [9.17, 15) is 58.8 Å². The van der Waals surface area contributed by atoms with Crippen molar-refractivity contribution in [2.24, 2.45) is 5.73 Å². The Morgan fingerprint density at radius 1 is 0.623 bits per heavy atom. The number of carboxylic acid groups (broad SMARTS) is 5. The highest BCUT2D eigenvalue weighted by atomic mass is 35.5. The highest BCUT2D eigenvalue weighted by Gasteiger charge is 2.27. The van der Waals surface area contributed by atoms with Gasteiger partial charge in [-0.15, -0.1) is 12.4 Å². The fourth-order valence-electron chi connectivity index (χ4n) is 4.85. The third-order valence-corrected chi connectivity index (χ3v) is 7.34. The van der Waals surface area contributed by atoms with Crippen LogP contribution in [-0.2, 0) is 44.8 Å². The number of nitrogens with two attached hydrogens (primary N) is 1. The standard InChI is InChI=1S/C31H47N7O14.ClH/c32-14-24(40)34-23(13-20-4-6-21(39)7-5-20)30(50)35-22(31(51)52)3-1-2-8-33-25(41)15-37(17-27(44)45)11-9-36(16-26(42)43)10-12-38(18-28(46)47)19-29(48)49;/h4-7,22-23,39H,1-3,8-19,32H2,(H,33,41)(H,34,40)(H,35,50)(H,42,43)(H,44,45)(H,46,47)(H,48,49)(H,51,52);1H/t22-,23-;/m0./s1. The van der Waals surface area contributed by atoms with Gasteiger partial charge in [0.2, 0.25) is 17.7 Å². The number of rotatable bonds is 28. The summed E-state index contributed by atoms with van der Waals surface area (Å²) in [6, 6.07) is 3.37. The molecule has 3 amide bonds. The van der Waals surface area contributed by atoms with Crippen molar-refractivity contribution >= 4 is 60.0 Å². The second-order valence-electron chi connectivity index (χ2n) is 11.7. The summed E-state index contributed by atoms with van der Waals surface area (Å²) in [6.07, 6.45) is 0.472. The number of aromatic hydroxyl groups is 1. The second-order valence-corrected chi connectivity index (χ2v) is 11.7. The number of hydrogen-bond acceptors (Lipinski definition) is 13. The molecule has 0 saturated heterocycles. The van der Waals surface area contributed by atoms with Crippen molar-refractivity contribution in [1.29, 1.82) is 0 Å². The summed E-state index contributed by atoms with van der Waals surface area (Å²) in [5.41, 5.74) is 5.93. The molecular formula is C31H48ClN7O14. The Kier molecular flexibility index (Phi) is 23.3. The summed E-state index contributed by atoms with van der Waals surface area (Å²) in [5.74, 6) is -8.37. The minimum absolute atomic E-state index is 0. The third kappa shape index (κ3) is 22.5. The van der Waals surface area contributed by atoms with E-state index < -0.39 is 92.4 Å². The molecule has 0 aliphatic rings. The average Bonchev–Trinajstić information content (AvgIpc) is 3.04. The highest BCUT2D eigenvalue weighted by molar-refractivity contribution is 5.91. The molecule has 0 aliphatic carbocycles. The maximum atomic E-state index is 13.0. The van der Waals surface area contributed by atoms with Crippen LogP contribution in [0.2, 0.25) is 0 Å². The van der Waals surface area contributed by atoms with Crippen LogP contribution in [0.3, 0.4) is 0 Å². The Balaban J connectivity index is 0.0000270. The van der Waals surface area contributed by atoms with Gasteiger partial charge in [0.1, 0.15) is 17.8 Å². The zero-order valence-electron chi connectivity index (χ0n) is 28.8. The van der Waals surface area contributed by atoms with Crippen LogP contribution in [0.4, 0.5) is 0 Å². The number of hydrogen-bond donors (Lipinski definition) is 10. The molecule has 53 heavy (non-hydrogen) atoms. The van der Waals surface area contributed by atoms with Crippen molar-refractivity contribution in [1.82, 2.24) is 30.7 Å². The van der Waals surface area contributed by atoms with Crippen LogP contribution in [0.5, 0.6) is 5.75 Å². The van der Waals surface area contributed by atoms with E-state index in [4.69, 9.17) is 15.9 Å². The number of benzene rings is 1. The molecule has 298 valence electrons. The number of nitrogens with zero attached hydrogens (tertiary/aromatic N) is 3. The molecule has 21 nitrogen and oxygen atoms in total. The van der Waals surface area contributed by atoms with Crippen molar-refractivity contribution in [2.75, 3.05) is 72.0 Å². The lowest BCUT2D eigenvalue weighted by atomic mass is 10.0. The van der Waals surface area contributed by atoms with Crippen molar-refractivity contribution < 1.29 is 69.0 Å². The first kappa shape index (κ1) is 47.9. The van der Waals surface area contributed by atoms with Crippen LogP contribution < -0.4 is 21.7 Å². The van der Waals surface area contributed by atoms with Crippen LogP contribution in [-0.4, -0.2) is 177 Å². The number of aliphatic carboxylic acids is 5. The Morgan fingerprint density at radius 3 is 1.57 bits per heavy atom. The van der Waals surface area contributed by atoms with Gasteiger partial charge in [-0.3, -0.25) is 48.3 Å². The molecule has 0 aliphatic heterocycles. The first-order valence-electron chi connectivity index (χ1n) is 16.1. The predicted molar refractivity (Wildman–Crippen MR) is 186 cm³/mol. The number of carbonyl (C=O) groups is 8. The van der Waals surface area contributed by atoms with Crippen LogP contribution >= 0.6 is 12.4 Å². The van der Waals surface area contributed by atoms with E-state index >= 15 is 0 Å². The zero-order valence-corrected chi connectivity index (χ0v) is 29.7. The molecule has 0 heterocycles. The molecule has 0 saturated carbocycles. The number of phenolic OH excluding ortho intramolecular Hbond substituents is 1. The average molecular weight is 778 g/mol. The summed E-state index contributed by atoms with van der Waals surface area (Å²) in [6.45, 7) is -3.29. The van der Waals surface area contributed by atoms with Crippen LogP contribution in [0, 0.1) is 0 Å². The minimum atomic E-state index is -1.33. The molecule has 0 bridgehead atoms. The quantitative estimate of drug-likeness (QED) is 0.0377. The Morgan fingerprint density at radius 2 is 1.09 bits per heavy atom. The van der Waals surface area contributed by atoms with E-state index in [1.807, 2.05) is 0 Å². The topological polar surface area (TPSA) is 330 Å². The maximum Gasteiger partial charge on any atom is 0.326 e. The predicted octanol–water partition coefficient (Wildman–Crippen LogP) is -3.10. The summed E-state index contributed by atoms with van der Waals surface area (Å²) < 4.78 is 0. The van der Waals surface area contributed by atoms with E-state index in [0.29, 0.717) is 5.56 Å². The lowest BCUT2D eigenvalue weighted by Crippen LogP contribution is -2.53. The zero-order chi connectivity index (χ0) is 39.2. The van der Waals surface area contributed by atoms with E-state index in [-0.39, 0.29) is 83.1 Å². The molecule has 0 radical (unpaired) electrons. The van der Waals surface area contributed by atoms with Gasteiger partial charge >= 0.3 is 29.8 Å². The second kappa shape index (κ2) is 25.8. The Hall–Kier alpha value is -5.09. The lowest BCUT2D eigenvalue weighted by molar-refractivity contribution is -0.143. The molecule has 0 unspecified atom stereocenters. The Labute approximate surface area is 310 Å². The van der Waals surface area contributed by atoms with Crippen LogP contribution in [0.15, 0.2) is 24.3 Å². The van der Waals surface area contributed by atoms with E-state index in [1.54, 1.807) is 0 Å². The number of unbranched alkanes of at least 4 members (excludes halogenated alkanes) is 1. The van der Waals surface area contributed by atoms with E-state index in [2.05, 4.69) is 16.0 Å². The van der Waals surface area contributed by atoms with Gasteiger partial charge in [-0.2, -0.15) is 0 Å².